The second-order valence-corrected chi connectivity index (χ2v) is 2.91. The predicted octanol–water partition coefficient (Wildman–Crippen LogP) is 0.346. The molecule has 0 saturated carbocycles. The van der Waals surface area contributed by atoms with Gasteiger partial charge in [0.05, 0.1) is 6.61 Å². The van der Waals surface area contributed by atoms with Gasteiger partial charge in [0, 0.05) is 19.4 Å². The lowest BCUT2D eigenvalue weighted by molar-refractivity contribution is -0.143. The minimum Gasteiger partial charge on any atom is -0.465 e. The van der Waals surface area contributed by atoms with Crippen LogP contribution in [0.1, 0.15) is 6.92 Å². The van der Waals surface area contributed by atoms with Gasteiger partial charge in [0.1, 0.15) is 12.9 Å². The van der Waals surface area contributed by atoms with Gasteiger partial charge in [0.15, 0.2) is 0 Å². The van der Waals surface area contributed by atoms with Crippen LogP contribution in [0.2, 0.25) is 0 Å². The molecule has 6 heteroatoms. The summed E-state index contributed by atoms with van der Waals surface area (Å²) in [7, 11) is 1.53. The number of esters is 1. The Hall–Kier alpha value is -1.85. The van der Waals surface area contributed by atoms with Crippen LogP contribution in [0.25, 0.3) is 0 Å². The third-order valence-corrected chi connectivity index (χ3v) is 1.72. The van der Waals surface area contributed by atoms with Gasteiger partial charge in [-0.25, -0.2) is 9.78 Å². The highest BCUT2D eigenvalue weighted by Crippen LogP contribution is 1.94. The van der Waals surface area contributed by atoms with Crippen molar-refractivity contribution in [3.63, 3.8) is 0 Å². The molecular weight excluding hydrogens is 198 g/mol. The number of rotatable bonds is 3. The maximum atomic E-state index is 11.6. The normalized spacial score (nSPS) is 9.73. The summed E-state index contributed by atoms with van der Waals surface area (Å²) < 4.78 is 6.01. The van der Waals surface area contributed by atoms with Crippen molar-refractivity contribution in [2.45, 2.75) is 6.92 Å². The van der Waals surface area contributed by atoms with E-state index < -0.39 is 5.97 Å². The van der Waals surface area contributed by atoms with Crippen LogP contribution in [0, 0.1) is 0 Å². The number of hydrogen-bond acceptors (Lipinski definition) is 4. The Kier molecular flexibility index (Phi) is 3.84. The van der Waals surface area contributed by atoms with Crippen molar-refractivity contribution in [1.29, 1.82) is 0 Å². The lowest BCUT2D eigenvalue weighted by atomic mass is 10.5. The fourth-order valence-electron chi connectivity index (χ4n) is 1.04. The summed E-state index contributed by atoms with van der Waals surface area (Å²) in [6, 6.07) is -0.319. The van der Waals surface area contributed by atoms with Crippen LogP contribution in [0.5, 0.6) is 0 Å². The summed E-state index contributed by atoms with van der Waals surface area (Å²) in [6.45, 7) is 1.96. The molecule has 1 heterocycles. The van der Waals surface area contributed by atoms with E-state index in [1.807, 2.05) is 0 Å². The van der Waals surface area contributed by atoms with E-state index in [0.29, 0.717) is 6.61 Å². The fraction of sp³-hybridized carbons (Fsp3) is 0.444. The quantitative estimate of drug-likeness (QED) is 0.676. The lowest BCUT2D eigenvalue weighted by Crippen LogP contribution is -2.35. The molecule has 0 unspecified atom stereocenters. The van der Waals surface area contributed by atoms with Crippen LogP contribution in [-0.4, -0.2) is 46.7 Å². The van der Waals surface area contributed by atoms with Gasteiger partial charge >= 0.3 is 12.0 Å². The van der Waals surface area contributed by atoms with E-state index in [1.54, 1.807) is 6.92 Å². The van der Waals surface area contributed by atoms with Crippen molar-refractivity contribution in [3.8, 4) is 0 Å². The maximum absolute atomic E-state index is 11.6. The van der Waals surface area contributed by atoms with Crippen LogP contribution in [0.15, 0.2) is 18.7 Å². The van der Waals surface area contributed by atoms with Gasteiger partial charge in [0.2, 0.25) is 0 Å². The molecule has 1 amide bonds. The highest BCUT2D eigenvalue weighted by molar-refractivity contribution is 5.82. The van der Waals surface area contributed by atoms with Gasteiger partial charge in [0.25, 0.3) is 0 Å². The molecule has 0 radical (unpaired) electrons. The van der Waals surface area contributed by atoms with Gasteiger partial charge in [-0.2, -0.15) is 0 Å². The summed E-state index contributed by atoms with van der Waals surface area (Å²) in [5.74, 6) is -0.423. The van der Waals surface area contributed by atoms with Gasteiger partial charge in [-0.05, 0) is 6.92 Å². The third-order valence-electron chi connectivity index (χ3n) is 1.72. The van der Waals surface area contributed by atoms with Gasteiger partial charge in [-0.1, -0.05) is 0 Å². The molecule has 0 aromatic carbocycles. The zero-order chi connectivity index (χ0) is 11.3. The third kappa shape index (κ3) is 3.08. The van der Waals surface area contributed by atoms with E-state index in [1.165, 1.54) is 35.2 Å². The smallest absolute Gasteiger partial charge is 0.329 e. The largest absolute Gasteiger partial charge is 0.465 e. The van der Waals surface area contributed by atoms with E-state index in [4.69, 9.17) is 4.74 Å². The molecule has 1 aromatic rings. The Labute approximate surface area is 87.5 Å². The molecule has 0 spiro atoms. The predicted molar refractivity (Wildman–Crippen MR) is 52.3 cm³/mol. The summed E-state index contributed by atoms with van der Waals surface area (Å²) in [4.78, 5) is 27.7. The molecule has 0 atom stereocenters. The standard InChI is InChI=1S/C9H13N3O3/c1-3-15-8(13)6-11(2)9(14)12-5-4-10-7-12/h4-5,7H,3,6H2,1-2H3. The van der Waals surface area contributed by atoms with E-state index in [9.17, 15) is 9.59 Å². The topological polar surface area (TPSA) is 64.4 Å². The number of carbonyl (C=O) groups excluding carboxylic acids is 2. The number of imidazole rings is 1. The first-order valence-electron chi connectivity index (χ1n) is 4.54. The average molecular weight is 211 g/mol. The summed E-state index contributed by atoms with van der Waals surface area (Å²) in [5.41, 5.74) is 0. The number of hydrogen-bond donors (Lipinski definition) is 0. The SMILES string of the molecule is CCOC(=O)CN(C)C(=O)n1ccnc1. The van der Waals surface area contributed by atoms with Crippen molar-refractivity contribution < 1.29 is 14.3 Å². The molecule has 6 nitrogen and oxygen atoms in total. The number of aromatic nitrogens is 2. The number of nitrogens with zero attached hydrogens (tertiary/aromatic N) is 3. The Morgan fingerprint density at radius 3 is 2.80 bits per heavy atom. The molecule has 0 fully saturated rings. The first kappa shape index (κ1) is 11.2. The number of amides is 1. The van der Waals surface area contributed by atoms with Gasteiger partial charge in [-0.15, -0.1) is 0 Å². The Bertz CT molecular complexity index is 334. The zero-order valence-electron chi connectivity index (χ0n) is 8.71. The fourth-order valence-corrected chi connectivity index (χ4v) is 1.04. The highest BCUT2D eigenvalue weighted by atomic mass is 16.5. The van der Waals surface area contributed by atoms with Crippen molar-refractivity contribution >= 4 is 12.0 Å². The molecule has 0 aliphatic rings. The zero-order valence-corrected chi connectivity index (χ0v) is 8.71. The Balaban J connectivity index is 2.51. The molecule has 0 N–H and O–H groups in total. The van der Waals surface area contributed by atoms with Crippen LogP contribution < -0.4 is 0 Å². The lowest BCUT2D eigenvalue weighted by Gasteiger charge is -2.15. The Morgan fingerprint density at radius 2 is 2.27 bits per heavy atom. The van der Waals surface area contributed by atoms with Gasteiger partial charge < -0.3 is 9.64 Å². The molecule has 0 saturated heterocycles. The first-order chi connectivity index (χ1) is 7.15. The number of ether oxygens (including phenoxy) is 1. The summed E-state index contributed by atoms with van der Waals surface area (Å²) >= 11 is 0. The van der Waals surface area contributed by atoms with Crippen LogP contribution in [0.4, 0.5) is 4.79 Å². The first-order valence-corrected chi connectivity index (χ1v) is 4.54. The highest BCUT2D eigenvalue weighted by Gasteiger charge is 2.14. The van der Waals surface area contributed by atoms with Crippen LogP contribution >= 0.6 is 0 Å². The second kappa shape index (κ2) is 5.14. The maximum Gasteiger partial charge on any atom is 0.329 e. The van der Waals surface area contributed by atoms with E-state index >= 15 is 0 Å². The molecule has 15 heavy (non-hydrogen) atoms. The van der Waals surface area contributed by atoms with E-state index in [2.05, 4.69) is 4.98 Å². The summed E-state index contributed by atoms with van der Waals surface area (Å²) in [5, 5.41) is 0. The summed E-state index contributed by atoms with van der Waals surface area (Å²) in [6.07, 6.45) is 4.39. The molecular formula is C9H13N3O3. The van der Waals surface area contributed by atoms with Crippen molar-refractivity contribution in [1.82, 2.24) is 14.5 Å². The van der Waals surface area contributed by atoms with E-state index in [0.717, 1.165) is 0 Å². The minimum atomic E-state index is -0.423. The molecule has 82 valence electrons. The number of carbonyl (C=O) groups is 2. The van der Waals surface area contributed by atoms with Crippen LogP contribution in [0.3, 0.4) is 0 Å². The molecule has 1 rings (SSSR count). The van der Waals surface area contributed by atoms with Crippen molar-refractivity contribution in [2.24, 2.45) is 0 Å². The van der Waals surface area contributed by atoms with Crippen molar-refractivity contribution in [3.05, 3.63) is 18.7 Å². The molecule has 0 bridgehead atoms. The molecule has 0 aliphatic carbocycles. The van der Waals surface area contributed by atoms with Crippen LogP contribution in [-0.2, 0) is 9.53 Å². The monoisotopic (exact) mass is 211 g/mol. The molecule has 1 aromatic heterocycles. The molecule has 0 aliphatic heterocycles. The van der Waals surface area contributed by atoms with Gasteiger partial charge in [-0.3, -0.25) is 9.36 Å². The van der Waals surface area contributed by atoms with Crippen molar-refractivity contribution in [2.75, 3.05) is 20.2 Å². The minimum absolute atomic E-state index is 0.0646. The second-order valence-electron chi connectivity index (χ2n) is 2.91. The number of likely N-dealkylation sites (N-methyl/N-ethyl adjacent to an activating group) is 1. The average Bonchev–Trinajstić information content (AvgIpc) is 2.69. The Morgan fingerprint density at radius 1 is 1.53 bits per heavy atom. The van der Waals surface area contributed by atoms with E-state index in [-0.39, 0.29) is 12.6 Å².